The summed E-state index contributed by atoms with van der Waals surface area (Å²) in [6.45, 7) is 2.11. The molecule has 1 aromatic carbocycles. The maximum atomic E-state index is 12.2. The fourth-order valence-electron chi connectivity index (χ4n) is 3.12. The van der Waals surface area contributed by atoms with E-state index in [0.29, 0.717) is 0 Å². The van der Waals surface area contributed by atoms with Crippen molar-refractivity contribution in [2.45, 2.75) is 39.0 Å². The van der Waals surface area contributed by atoms with Gasteiger partial charge in [0.2, 0.25) is 0 Å². The smallest absolute Gasteiger partial charge is 0.266 e. The fourth-order valence-corrected chi connectivity index (χ4v) is 3.12. The van der Waals surface area contributed by atoms with Crippen molar-refractivity contribution in [2.75, 3.05) is 0 Å². The average Bonchev–Trinajstić information content (AvgIpc) is 2.51. The Balaban J connectivity index is 2.38. The van der Waals surface area contributed by atoms with E-state index in [4.69, 9.17) is 10.8 Å². The number of fused-ring (bicyclic) bond motifs is 2. The van der Waals surface area contributed by atoms with Crippen LogP contribution in [0.25, 0.3) is 10.9 Å². The number of nitrogens with zero attached hydrogens (tertiary/aromatic N) is 1. The number of amides is 1. The maximum Gasteiger partial charge on any atom is 0.266 e. The number of hydrazine groups is 1. The van der Waals surface area contributed by atoms with Gasteiger partial charge in [-0.15, -0.1) is 0 Å². The lowest BCUT2D eigenvalue weighted by molar-refractivity contribution is 0.0954. The Morgan fingerprint density at radius 1 is 1.35 bits per heavy atom. The van der Waals surface area contributed by atoms with E-state index in [0.717, 1.165) is 59.8 Å². The molecule has 0 saturated heterocycles. The van der Waals surface area contributed by atoms with Gasteiger partial charge < -0.3 is 0 Å². The molecule has 104 valence electrons. The number of nitrogens with one attached hydrogen (secondary N) is 1. The van der Waals surface area contributed by atoms with E-state index in [9.17, 15) is 4.79 Å². The van der Waals surface area contributed by atoms with Crippen LogP contribution in [-0.4, -0.2) is 10.9 Å². The molecule has 0 spiro atoms. The van der Waals surface area contributed by atoms with E-state index >= 15 is 0 Å². The number of hydrogen-bond donors (Lipinski definition) is 2. The second kappa shape index (κ2) is 5.21. The molecule has 0 radical (unpaired) electrons. The van der Waals surface area contributed by atoms with Gasteiger partial charge in [-0.05, 0) is 43.2 Å². The Hall–Kier alpha value is -1.94. The Kier molecular flexibility index (Phi) is 3.40. The van der Waals surface area contributed by atoms with Crippen LogP contribution in [0.1, 0.15) is 46.9 Å². The first-order valence-electron chi connectivity index (χ1n) is 7.20. The van der Waals surface area contributed by atoms with Gasteiger partial charge in [0.05, 0.1) is 11.1 Å². The van der Waals surface area contributed by atoms with Gasteiger partial charge >= 0.3 is 0 Å². The summed E-state index contributed by atoms with van der Waals surface area (Å²) in [6.07, 6.45) is 5.03. The molecule has 0 unspecified atom stereocenters. The van der Waals surface area contributed by atoms with Crippen molar-refractivity contribution < 1.29 is 4.79 Å². The number of carbonyl (C=O) groups is 1. The van der Waals surface area contributed by atoms with Crippen LogP contribution >= 0.6 is 0 Å². The standard InChI is InChI=1S/C16H19N3O/c1-2-10-6-5-8-12-14(16(20)19-17)11-7-3-4-9-13(11)18-15(10)12/h5-6,8H,2-4,7,9,17H2,1H3,(H,19,20). The summed E-state index contributed by atoms with van der Waals surface area (Å²) in [6, 6.07) is 6.04. The number of benzene rings is 1. The summed E-state index contributed by atoms with van der Waals surface area (Å²) in [5.74, 6) is 5.17. The molecule has 0 atom stereocenters. The molecule has 3 rings (SSSR count). The number of pyridine rings is 1. The van der Waals surface area contributed by atoms with E-state index in [1.54, 1.807) is 0 Å². The third-order valence-electron chi connectivity index (χ3n) is 4.12. The van der Waals surface area contributed by atoms with E-state index in [2.05, 4.69) is 18.4 Å². The Bertz CT molecular complexity index is 679. The third-order valence-corrected chi connectivity index (χ3v) is 4.12. The van der Waals surface area contributed by atoms with Crippen molar-refractivity contribution in [2.24, 2.45) is 5.84 Å². The molecule has 1 heterocycles. The van der Waals surface area contributed by atoms with Crippen molar-refractivity contribution >= 4 is 16.8 Å². The molecule has 0 aliphatic heterocycles. The Labute approximate surface area is 118 Å². The third kappa shape index (κ3) is 1.96. The first-order valence-corrected chi connectivity index (χ1v) is 7.20. The highest BCUT2D eigenvalue weighted by molar-refractivity contribution is 6.08. The molecule has 1 aliphatic carbocycles. The van der Waals surface area contributed by atoms with Gasteiger partial charge in [-0.3, -0.25) is 15.2 Å². The monoisotopic (exact) mass is 269 g/mol. The fraction of sp³-hybridized carbons (Fsp3) is 0.375. The van der Waals surface area contributed by atoms with Gasteiger partial charge in [0.1, 0.15) is 0 Å². The number of rotatable bonds is 2. The molecule has 1 aromatic heterocycles. The lowest BCUT2D eigenvalue weighted by Crippen LogP contribution is -2.32. The van der Waals surface area contributed by atoms with Crippen molar-refractivity contribution in [3.8, 4) is 0 Å². The van der Waals surface area contributed by atoms with Crippen LogP contribution < -0.4 is 11.3 Å². The predicted octanol–water partition coefficient (Wildman–Crippen LogP) is 2.28. The highest BCUT2D eigenvalue weighted by Crippen LogP contribution is 2.30. The van der Waals surface area contributed by atoms with Gasteiger partial charge in [-0.2, -0.15) is 0 Å². The van der Waals surface area contributed by atoms with Crippen LogP contribution in [-0.2, 0) is 19.3 Å². The minimum Gasteiger partial charge on any atom is -0.290 e. The van der Waals surface area contributed by atoms with E-state index in [1.165, 1.54) is 5.56 Å². The van der Waals surface area contributed by atoms with Crippen molar-refractivity contribution in [1.82, 2.24) is 10.4 Å². The molecule has 1 aliphatic rings. The maximum absolute atomic E-state index is 12.2. The summed E-state index contributed by atoms with van der Waals surface area (Å²) in [5, 5.41) is 0.924. The summed E-state index contributed by atoms with van der Waals surface area (Å²) >= 11 is 0. The second-order valence-corrected chi connectivity index (χ2v) is 5.26. The first kappa shape index (κ1) is 13.1. The predicted molar refractivity (Wildman–Crippen MR) is 79.4 cm³/mol. The summed E-state index contributed by atoms with van der Waals surface area (Å²) in [4.78, 5) is 17.1. The minimum absolute atomic E-state index is 0.205. The number of para-hydroxylation sites is 1. The Morgan fingerprint density at radius 3 is 2.90 bits per heavy atom. The van der Waals surface area contributed by atoms with Crippen LogP contribution in [0.15, 0.2) is 18.2 Å². The zero-order valence-corrected chi connectivity index (χ0v) is 11.7. The van der Waals surface area contributed by atoms with Crippen LogP contribution in [0.5, 0.6) is 0 Å². The lowest BCUT2D eigenvalue weighted by atomic mass is 9.88. The van der Waals surface area contributed by atoms with E-state index in [1.807, 2.05) is 12.1 Å². The molecule has 4 nitrogen and oxygen atoms in total. The van der Waals surface area contributed by atoms with Crippen molar-refractivity contribution in [3.05, 3.63) is 40.6 Å². The molecule has 1 amide bonds. The van der Waals surface area contributed by atoms with Crippen molar-refractivity contribution in [1.29, 1.82) is 0 Å². The van der Waals surface area contributed by atoms with Crippen molar-refractivity contribution in [3.63, 3.8) is 0 Å². The van der Waals surface area contributed by atoms with Gasteiger partial charge in [-0.1, -0.05) is 25.1 Å². The zero-order chi connectivity index (χ0) is 14.1. The number of nitrogens with two attached hydrogens (primary N) is 1. The largest absolute Gasteiger partial charge is 0.290 e. The number of aromatic nitrogens is 1. The van der Waals surface area contributed by atoms with E-state index < -0.39 is 0 Å². The summed E-state index contributed by atoms with van der Waals surface area (Å²) in [5.41, 5.74) is 7.31. The lowest BCUT2D eigenvalue weighted by Gasteiger charge is -2.20. The summed E-state index contributed by atoms with van der Waals surface area (Å²) in [7, 11) is 0. The second-order valence-electron chi connectivity index (χ2n) is 5.26. The molecule has 2 aromatic rings. The van der Waals surface area contributed by atoms with Gasteiger partial charge in [0, 0.05) is 11.1 Å². The molecular weight excluding hydrogens is 250 g/mol. The Morgan fingerprint density at radius 2 is 2.15 bits per heavy atom. The van der Waals surface area contributed by atoms with E-state index in [-0.39, 0.29) is 5.91 Å². The number of nitrogen functional groups attached to an aromatic ring is 1. The normalized spacial score (nSPS) is 14.1. The van der Waals surface area contributed by atoms with Crippen LogP contribution in [0, 0.1) is 0 Å². The molecule has 3 N–H and O–H groups in total. The highest BCUT2D eigenvalue weighted by atomic mass is 16.2. The molecule has 20 heavy (non-hydrogen) atoms. The molecule has 4 heteroatoms. The van der Waals surface area contributed by atoms with Gasteiger partial charge in [0.15, 0.2) is 0 Å². The summed E-state index contributed by atoms with van der Waals surface area (Å²) < 4.78 is 0. The number of hydrogen-bond acceptors (Lipinski definition) is 3. The highest BCUT2D eigenvalue weighted by Gasteiger charge is 2.22. The van der Waals surface area contributed by atoms with Crippen LogP contribution in [0.3, 0.4) is 0 Å². The number of aryl methyl sites for hydroxylation is 2. The SMILES string of the molecule is CCc1cccc2c(C(=O)NN)c3c(nc12)CCCC3. The van der Waals surface area contributed by atoms with Gasteiger partial charge in [0.25, 0.3) is 5.91 Å². The quantitative estimate of drug-likeness (QED) is 0.499. The minimum atomic E-state index is -0.205. The molecular formula is C16H19N3O. The first-order chi connectivity index (χ1) is 9.76. The average molecular weight is 269 g/mol. The molecule has 0 saturated carbocycles. The molecule has 0 fully saturated rings. The zero-order valence-electron chi connectivity index (χ0n) is 11.7. The van der Waals surface area contributed by atoms with Gasteiger partial charge in [-0.25, -0.2) is 5.84 Å². The van der Waals surface area contributed by atoms with Crippen LogP contribution in [0.4, 0.5) is 0 Å². The topological polar surface area (TPSA) is 68.0 Å². The van der Waals surface area contributed by atoms with Crippen LogP contribution in [0.2, 0.25) is 0 Å². The number of carbonyl (C=O) groups excluding carboxylic acids is 1. The molecule has 0 bridgehead atoms.